The van der Waals surface area contributed by atoms with E-state index in [-0.39, 0.29) is 12.3 Å². The highest BCUT2D eigenvalue weighted by atomic mass is 79.9. The molecule has 0 unspecified atom stereocenters. The van der Waals surface area contributed by atoms with Gasteiger partial charge in [-0.15, -0.1) is 0 Å². The molecule has 2 N–H and O–H groups in total. The maximum Gasteiger partial charge on any atom is 0.150 e. The molecule has 1 aromatic rings. The zero-order valence-corrected chi connectivity index (χ0v) is 9.10. The zero-order chi connectivity index (χ0) is 9.84. The van der Waals surface area contributed by atoms with Crippen molar-refractivity contribution in [3.63, 3.8) is 0 Å². The summed E-state index contributed by atoms with van der Waals surface area (Å²) in [6.07, 6.45) is 0.432. The monoisotopic (exact) mass is 241 g/mol. The molecular weight excluding hydrogens is 230 g/mol. The number of hydrogen-bond acceptors (Lipinski definition) is 2. The molecule has 0 saturated carbocycles. The molecule has 70 valence electrons. The van der Waals surface area contributed by atoms with Crippen molar-refractivity contribution in [3.05, 3.63) is 33.8 Å². The number of aryl methyl sites for hydroxylation is 1. The Bertz CT molecular complexity index is 323. The molecule has 0 aliphatic carbocycles. The van der Waals surface area contributed by atoms with Gasteiger partial charge in [-0.1, -0.05) is 22.0 Å². The first-order valence-electron chi connectivity index (χ1n) is 4.10. The number of rotatable bonds is 3. The molecule has 1 aromatic carbocycles. The summed E-state index contributed by atoms with van der Waals surface area (Å²) in [7, 11) is 0. The second kappa shape index (κ2) is 4.53. The van der Waals surface area contributed by atoms with Gasteiger partial charge in [-0.25, -0.2) is 0 Å². The van der Waals surface area contributed by atoms with Gasteiger partial charge >= 0.3 is 0 Å². The Morgan fingerprint density at radius 3 is 2.85 bits per heavy atom. The van der Waals surface area contributed by atoms with Crippen molar-refractivity contribution < 1.29 is 4.79 Å². The van der Waals surface area contributed by atoms with Gasteiger partial charge in [0.25, 0.3) is 0 Å². The minimum absolute atomic E-state index is 0.0706. The molecule has 0 fully saturated rings. The van der Waals surface area contributed by atoms with Gasteiger partial charge in [-0.2, -0.15) is 0 Å². The molecule has 0 radical (unpaired) electrons. The topological polar surface area (TPSA) is 43.1 Å². The lowest BCUT2D eigenvalue weighted by molar-refractivity contribution is -0.117. The Morgan fingerprint density at radius 2 is 2.23 bits per heavy atom. The molecule has 0 spiro atoms. The fourth-order valence-electron chi connectivity index (χ4n) is 1.12. The van der Waals surface area contributed by atoms with Gasteiger partial charge < -0.3 is 5.73 Å². The number of benzene rings is 1. The van der Waals surface area contributed by atoms with Crippen molar-refractivity contribution in [1.82, 2.24) is 0 Å². The molecule has 2 nitrogen and oxygen atoms in total. The van der Waals surface area contributed by atoms with Crippen LogP contribution in [-0.2, 0) is 11.2 Å². The van der Waals surface area contributed by atoms with E-state index in [1.807, 2.05) is 25.1 Å². The van der Waals surface area contributed by atoms with Crippen LogP contribution in [0.3, 0.4) is 0 Å². The molecule has 3 heteroatoms. The Balaban J connectivity index is 2.87. The standard InChI is InChI=1S/C10H12BrNO/c1-7-2-3-9(11)4-8(7)5-10(13)6-12/h2-4H,5-6,12H2,1H3. The van der Waals surface area contributed by atoms with Crippen LogP contribution in [0.5, 0.6) is 0 Å². The smallest absolute Gasteiger partial charge is 0.150 e. The number of ketones is 1. The fraction of sp³-hybridized carbons (Fsp3) is 0.300. The fourth-order valence-corrected chi connectivity index (χ4v) is 1.52. The largest absolute Gasteiger partial charge is 0.324 e. The first-order valence-corrected chi connectivity index (χ1v) is 4.89. The minimum Gasteiger partial charge on any atom is -0.324 e. The number of carbonyl (C=O) groups is 1. The third-order valence-electron chi connectivity index (χ3n) is 1.93. The lowest BCUT2D eigenvalue weighted by Gasteiger charge is -2.04. The van der Waals surface area contributed by atoms with Crippen LogP contribution in [0.15, 0.2) is 22.7 Å². The Hall–Kier alpha value is -0.670. The molecule has 0 heterocycles. The summed E-state index contributed by atoms with van der Waals surface area (Å²) in [5.41, 5.74) is 7.42. The molecule has 0 aromatic heterocycles. The maximum absolute atomic E-state index is 11.1. The number of Topliss-reactive ketones (excluding diaryl/α,β-unsaturated/α-hetero) is 1. The molecule has 0 aliphatic heterocycles. The second-order valence-electron chi connectivity index (χ2n) is 2.99. The molecule has 0 aliphatic rings. The van der Waals surface area contributed by atoms with Crippen molar-refractivity contribution in [3.8, 4) is 0 Å². The van der Waals surface area contributed by atoms with Gasteiger partial charge in [0.1, 0.15) is 0 Å². The van der Waals surface area contributed by atoms with E-state index in [0.29, 0.717) is 6.42 Å². The molecule has 0 saturated heterocycles. The van der Waals surface area contributed by atoms with E-state index in [1.54, 1.807) is 0 Å². The highest BCUT2D eigenvalue weighted by Gasteiger charge is 2.04. The summed E-state index contributed by atoms with van der Waals surface area (Å²) in [6, 6.07) is 5.91. The van der Waals surface area contributed by atoms with E-state index >= 15 is 0 Å². The van der Waals surface area contributed by atoms with E-state index in [1.165, 1.54) is 0 Å². The SMILES string of the molecule is Cc1ccc(Br)cc1CC(=O)CN. The Kier molecular flexibility index (Phi) is 3.63. The van der Waals surface area contributed by atoms with Crippen LogP contribution in [0.1, 0.15) is 11.1 Å². The van der Waals surface area contributed by atoms with Crippen LogP contribution in [0, 0.1) is 6.92 Å². The second-order valence-corrected chi connectivity index (χ2v) is 3.91. The summed E-state index contributed by atoms with van der Waals surface area (Å²) in [6.45, 7) is 2.11. The van der Waals surface area contributed by atoms with Crippen LogP contribution in [0.4, 0.5) is 0 Å². The van der Waals surface area contributed by atoms with Crippen molar-refractivity contribution in [2.24, 2.45) is 5.73 Å². The van der Waals surface area contributed by atoms with Crippen LogP contribution < -0.4 is 5.73 Å². The van der Waals surface area contributed by atoms with Crippen LogP contribution in [0.25, 0.3) is 0 Å². The summed E-state index contributed by atoms with van der Waals surface area (Å²) in [5, 5.41) is 0. The number of nitrogens with two attached hydrogens (primary N) is 1. The van der Waals surface area contributed by atoms with Crippen molar-refractivity contribution in [2.45, 2.75) is 13.3 Å². The lowest BCUT2D eigenvalue weighted by atomic mass is 10.0. The molecule has 1 rings (SSSR count). The highest BCUT2D eigenvalue weighted by Crippen LogP contribution is 2.16. The van der Waals surface area contributed by atoms with Crippen molar-refractivity contribution in [1.29, 1.82) is 0 Å². The average Bonchev–Trinajstić information content (AvgIpc) is 2.11. The highest BCUT2D eigenvalue weighted by molar-refractivity contribution is 9.10. The van der Waals surface area contributed by atoms with Crippen LogP contribution in [-0.4, -0.2) is 12.3 Å². The van der Waals surface area contributed by atoms with E-state index in [2.05, 4.69) is 15.9 Å². The predicted molar refractivity (Wildman–Crippen MR) is 56.6 cm³/mol. The van der Waals surface area contributed by atoms with Gasteiger partial charge in [0.15, 0.2) is 5.78 Å². The third-order valence-corrected chi connectivity index (χ3v) is 2.42. The van der Waals surface area contributed by atoms with E-state index < -0.39 is 0 Å². The van der Waals surface area contributed by atoms with Crippen molar-refractivity contribution in [2.75, 3.05) is 6.54 Å². The first kappa shape index (κ1) is 10.4. The van der Waals surface area contributed by atoms with Crippen LogP contribution in [0.2, 0.25) is 0 Å². The molecule has 0 amide bonds. The molecule has 0 atom stereocenters. The summed E-state index contributed by atoms with van der Waals surface area (Å²) >= 11 is 3.37. The number of hydrogen-bond donors (Lipinski definition) is 1. The maximum atomic E-state index is 11.1. The van der Waals surface area contributed by atoms with Gasteiger partial charge in [-0.3, -0.25) is 4.79 Å². The van der Waals surface area contributed by atoms with Crippen molar-refractivity contribution >= 4 is 21.7 Å². The van der Waals surface area contributed by atoms with E-state index in [9.17, 15) is 4.79 Å². The van der Waals surface area contributed by atoms with Gasteiger partial charge in [0.05, 0.1) is 6.54 Å². The Morgan fingerprint density at radius 1 is 1.54 bits per heavy atom. The van der Waals surface area contributed by atoms with E-state index in [0.717, 1.165) is 15.6 Å². The summed E-state index contributed by atoms with van der Waals surface area (Å²) in [4.78, 5) is 11.1. The van der Waals surface area contributed by atoms with Gasteiger partial charge in [-0.05, 0) is 30.2 Å². The summed E-state index contributed by atoms with van der Waals surface area (Å²) < 4.78 is 0.998. The number of halogens is 1. The third kappa shape index (κ3) is 2.94. The number of carbonyl (C=O) groups excluding carboxylic acids is 1. The normalized spacial score (nSPS) is 10.1. The average molecular weight is 242 g/mol. The zero-order valence-electron chi connectivity index (χ0n) is 7.51. The predicted octanol–water partition coefficient (Wildman–Crippen LogP) is 1.83. The van der Waals surface area contributed by atoms with Crippen LogP contribution >= 0.6 is 15.9 Å². The lowest BCUT2D eigenvalue weighted by Crippen LogP contribution is -2.16. The quantitative estimate of drug-likeness (QED) is 0.878. The Labute approximate surface area is 86.3 Å². The molecule has 0 bridgehead atoms. The minimum atomic E-state index is 0.0706. The first-order chi connectivity index (χ1) is 6.13. The molecule has 13 heavy (non-hydrogen) atoms. The van der Waals surface area contributed by atoms with E-state index in [4.69, 9.17) is 5.73 Å². The van der Waals surface area contributed by atoms with Gasteiger partial charge in [0.2, 0.25) is 0 Å². The molecular formula is C10H12BrNO. The summed E-state index contributed by atoms with van der Waals surface area (Å²) in [5.74, 6) is 0.0706. The van der Waals surface area contributed by atoms with Gasteiger partial charge in [0, 0.05) is 10.9 Å².